The average Bonchev–Trinajstić information content (AvgIpc) is 3.60. The van der Waals surface area contributed by atoms with Crippen molar-refractivity contribution in [2.75, 3.05) is 5.32 Å². The Bertz CT molecular complexity index is 1500. The molecule has 154 valence electrons. The third-order valence-corrected chi connectivity index (χ3v) is 5.92. The molecule has 0 aliphatic heterocycles. The molecule has 32 heavy (non-hydrogen) atoms. The van der Waals surface area contributed by atoms with E-state index in [0.29, 0.717) is 0 Å². The third-order valence-electron chi connectivity index (χ3n) is 5.17. The minimum absolute atomic E-state index is 0.840. The van der Waals surface area contributed by atoms with Crippen LogP contribution in [0, 0.1) is 0 Å². The maximum Gasteiger partial charge on any atom is 0.187 e. The van der Waals surface area contributed by atoms with Crippen molar-refractivity contribution in [3.8, 4) is 28.2 Å². The Morgan fingerprint density at radius 2 is 1.72 bits per heavy atom. The molecule has 0 aliphatic carbocycles. The summed E-state index contributed by atoms with van der Waals surface area (Å²) in [5, 5.41) is 14.8. The van der Waals surface area contributed by atoms with Crippen molar-refractivity contribution in [1.29, 1.82) is 0 Å². The van der Waals surface area contributed by atoms with Gasteiger partial charge in [-0.25, -0.2) is 14.6 Å². The number of fused-ring (bicyclic) bond motifs is 1. The molecule has 2 N–H and O–H groups in total. The predicted octanol–water partition coefficient (Wildman–Crippen LogP) is 5.68. The molecule has 0 saturated carbocycles. The lowest BCUT2D eigenvalue weighted by Crippen LogP contribution is -1.94. The summed E-state index contributed by atoms with van der Waals surface area (Å²) in [6.45, 7) is 0. The quantitative estimate of drug-likeness (QED) is 0.364. The topological polar surface area (TPSA) is 84.3 Å². The van der Waals surface area contributed by atoms with E-state index in [1.54, 1.807) is 22.3 Å². The van der Waals surface area contributed by atoms with Crippen LogP contribution in [0.2, 0.25) is 0 Å². The van der Waals surface area contributed by atoms with Crippen molar-refractivity contribution in [2.24, 2.45) is 0 Å². The van der Waals surface area contributed by atoms with Gasteiger partial charge in [0.15, 0.2) is 5.13 Å². The van der Waals surface area contributed by atoms with E-state index in [1.807, 2.05) is 66.9 Å². The first-order valence-electron chi connectivity index (χ1n) is 10.1. The zero-order valence-corrected chi connectivity index (χ0v) is 17.6. The van der Waals surface area contributed by atoms with Crippen LogP contribution in [0.25, 0.3) is 39.2 Å². The molecule has 0 atom stereocenters. The Morgan fingerprint density at radius 3 is 2.59 bits per heavy atom. The van der Waals surface area contributed by atoms with Gasteiger partial charge in [0.2, 0.25) is 0 Å². The highest BCUT2D eigenvalue weighted by atomic mass is 32.1. The maximum atomic E-state index is 4.74. The number of hydrogen-bond acceptors (Lipinski definition) is 6. The molecule has 3 aromatic carbocycles. The Kier molecular flexibility index (Phi) is 4.47. The monoisotopic (exact) mass is 435 g/mol. The largest absolute Gasteiger partial charge is 0.345 e. The van der Waals surface area contributed by atoms with E-state index >= 15 is 0 Å². The lowest BCUT2D eigenvalue weighted by molar-refractivity contribution is 0.804. The van der Waals surface area contributed by atoms with Gasteiger partial charge < -0.3 is 10.3 Å². The molecule has 0 saturated heterocycles. The number of thiazole rings is 1. The van der Waals surface area contributed by atoms with Gasteiger partial charge in [-0.2, -0.15) is 0 Å². The van der Waals surface area contributed by atoms with Crippen molar-refractivity contribution in [2.45, 2.75) is 0 Å². The summed E-state index contributed by atoms with van der Waals surface area (Å²) >= 11 is 1.57. The van der Waals surface area contributed by atoms with Crippen LogP contribution in [0.5, 0.6) is 0 Å². The summed E-state index contributed by atoms with van der Waals surface area (Å²) in [7, 11) is 0. The standard InChI is InChI=1S/C24H17N7S/c1-2-4-16(5-3-1)22-13-31(30-29-22)19-9-6-17(7-10-19)23-14-32-24(28-23)27-18-8-11-20-21(12-18)26-15-25-20/h1-15H,(H,25,26)(H,27,28). The van der Waals surface area contributed by atoms with Gasteiger partial charge in [0.1, 0.15) is 5.69 Å². The number of aromatic amines is 1. The van der Waals surface area contributed by atoms with E-state index in [2.05, 4.69) is 43.1 Å². The third kappa shape index (κ3) is 3.52. The van der Waals surface area contributed by atoms with E-state index < -0.39 is 0 Å². The van der Waals surface area contributed by atoms with Crippen LogP contribution >= 0.6 is 11.3 Å². The molecule has 0 aliphatic rings. The molecule has 8 heteroatoms. The molecule has 3 heterocycles. The van der Waals surface area contributed by atoms with Gasteiger partial charge in [0.05, 0.1) is 34.9 Å². The van der Waals surface area contributed by atoms with Gasteiger partial charge in [-0.3, -0.25) is 0 Å². The number of aromatic nitrogens is 6. The molecule has 0 unspecified atom stereocenters. The summed E-state index contributed by atoms with van der Waals surface area (Å²) in [6, 6.07) is 24.2. The number of nitrogens with zero attached hydrogens (tertiary/aromatic N) is 5. The van der Waals surface area contributed by atoms with Gasteiger partial charge in [-0.1, -0.05) is 47.7 Å². The number of benzene rings is 3. The van der Waals surface area contributed by atoms with Gasteiger partial charge in [-0.05, 0) is 30.3 Å². The van der Waals surface area contributed by atoms with Gasteiger partial charge in [0, 0.05) is 22.2 Å². The number of rotatable bonds is 5. The van der Waals surface area contributed by atoms with Crippen LogP contribution < -0.4 is 5.32 Å². The number of H-pyrrole nitrogens is 1. The first-order valence-corrected chi connectivity index (χ1v) is 10.9. The Balaban J connectivity index is 1.20. The zero-order valence-electron chi connectivity index (χ0n) is 16.8. The van der Waals surface area contributed by atoms with Crippen LogP contribution in [0.4, 0.5) is 10.8 Å². The van der Waals surface area contributed by atoms with Crippen LogP contribution in [0.3, 0.4) is 0 Å². The molecular weight excluding hydrogens is 418 g/mol. The van der Waals surface area contributed by atoms with Gasteiger partial charge in [0.25, 0.3) is 0 Å². The number of anilines is 2. The van der Waals surface area contributed by atoms with Crippen LogP contribution in [-0.4, -0.2) is 29.9 Å². The van der Waals surface area contributed by atoms with Crippen molar-refractivity contribution in [1.82, 2.24) is 29.9 Å². The predicted molar refractivity (Wildman–Crippen MR) is 127 cm³/mol. The molecule has 6 rings (SSSR count). The van der Waals surface area contributed by atoms with Crippen molar-refractivity contribution < 1.29 is 0 Å². The molecule has 0 fully saturated rings. The Morgan fingerprint density at radius 1 is 0.875 bits per heavy atom. The van der Waals surface area contributed by atoms with Gasteiger partial charge >= 0.3 is 0 Å². The number of hydrogen-bond donors (Lipinski definition) is 2. The first-order chi connectivity index (χ1) is 15.8. The minimum Gasteiger partial charge on any atom is -0.345 e. The summed E-state index contributed by atoms with van der Waals surface area (Å²) < 4.78 is 1.78. The highest BCUT2D eigenvalue weighted by molar-refractivity contribution is 7.14. The van der Waals surface area contributed by atoms with Crippen LogP contribution in [0.1, 0.15) is 0 Å². The molecule has 0 bridgehead atoms. The molecule has 3 aromatic heterocycles. The second-order valence-corrected chi connectivity index (χ2v) is 8.12. The first kappa shape index (κ1) is 18.5. The second-order valence-electron chi connectivity index (χ2n) is 7.26. The lowest BCUT2D eigenvalue weighted by Gasteiger charge is -2.03. The smallest absolute Gasteiger partial charge is 0.187 e. The summed E-state index contributed by atoms with van der Waals surface area (Å²) in [5.41, 5.74) is 7.72. The van der Waals surface area contributed by atoms with E-state index in [9.17, 15) is 0 Å². The highest BCUT2D eigenvalue weighted by Crippen LogP contribution is 2.28. The highest BCUT2D eigenvalue weighted by Gasteiger charge is 2.08. The summed E-state index contributed by atoms with van der Waals surface area (Å²) in [5.74, 6) is 0. The average molecular weight is 436 g/mol. The fourth-order valence-corrected chi connectivity index (χ4v) is 4.26. The number of nitrogens with one attached hydrogen (secondary N) is 2. The van der Waals surface area contributed by atoms with Crippen molar-refractivity contribution >= 4 is 33.2 Å². The van der Waals surface area contributed by atoms with Crippen LogP contribution in [0.15, 0.2) is 90.7 Å². The van der Waals surface area contributed by atoms with Gasteiger partial charge in [-0.15, -0.1) is 16.4 Å². The molecule has 6 aromatic rings. The Labute approximate surface area is 187 Å². The molecule has 0 spiro atoms. The summed E-state index contributed by atoms with van der Waals surface area (Å²) in [4.78, 5) is 12.1. The lowest BCUT2D eigenvalue weighted by atomic mass is 10.1. The second kappa shape index (κ2) is 7.75. The Hall–Kier alpha value is -4.30. The maximum absolute atomic E-state index is 4.74. The van der Waals surface area contributed by atoms with Crippen LogP contribution in [-0.2, 0) is 0 Å². The van der Waals surface area contributed by atoms with E-state index in [0.717, 1.165) is 50.1 Å². The zero-order chi connectivity index (χ0) is 21.3. The SMILES string of the molecule is c1ccc(-c2cn(-c3ccc(-c4csc(Nc5ccc6nc[nH]c6c5)n4)cc3)nn2)cc1. The molecule has 0 amide bonds. The number of imidazole rings is 1. The normalized spacial score (nSPS) is 11.1. The molecule has 0 radical (unpaired) electrons. The molecular formula is C24H17N7S. The fourth-order valence-electron chi connectivity index (χ4n) is 3.52. The summed E-state index contributed by atoms with van der Waals surface area (Å²) in [6.07, 6.45) is 3.63. The van der Waals surface area contributed by atoms with E-state index in [-0.39, 0.29) is 0 Å². The van der Waals surface area contributed by atoms with E-state index in [1.165, 1.54) is 0 Å². The van der Waals surface area contributed by atoms with Crippen molar-refractivity contribution in [3.63, 3.8) is 0 Å². The van der Waals surface area contributed by atoms with E-state index in [4.69, 9.17) is 4.98 Å². The molecule has 7 nitrogen and oxygen atoms in total. The van der Waals surface area contributed by atoms with Crippen molar-refractivity contribution in [3.05, 3.63) is 90.7 Å². The fraction of sp³-hybridized carbons (Fsp3) is 0. The minimum atomic E-state index is 0.840.